The number of rotatable bonds is 7. The minimum atomic E-state index is -1.09. The maximum Gasteiger partial charge on any atom is 0.306 e. The SMILES string of the molecule is O=C1CC(OC(=O)CCCCC(=O)OC2CC(=O)NC2=O)C(=O)N1. The zero-order valence-corrected chi connectivity index (χ0v) is 12.7. The monoisotopic (exact) mass is 340 g/mol. The molecule has 2 heterocycles. The molecule has 10 nitrogen and oxygen atoms in total. The van der Waals surface area contributed by atoms with Crippen LogP contribution in [-0.2, 0) is 38.2 Å². The molecule has 2 saturated heterocycles. The summed E-state index contributed by atoms with van der Waals surface area (Å²) in [6, 6.07) is 0. The van der Waals surface area contributed by atoms with Gasteiger partial charge in [-0.3, -0.25) is 39.4 Å². The zero-order chi connectivity index (χ0) is 17.7. The molecule has 24 heavy (non-hydrogen) atoms. The Morgan fingerprint density at radius 2 is 1.17 bits per heavy atom. The first-order chi connectivity index (χ1) is 11.3. The number of imide groups is 2. The van der Waals surface area contributed by atoms with Gasteiger partial charge in [-0.15, -0.1) is 0 Å². The van der Waals surface area contributed by atoms with Gasteiger partial charge in [0.05, 0.1) is 12.8 Å². The van der Waals surface area contributed by atoms with E-state index >= 15 is 0 Å². The van der Waals surface area contributed by atoms with Crippen LogP contribution in [0.2, 0.25) is 0 Å². The molecule has 2 aliphatic rings. The van der Waals surface area contributed by atoms with Crippen LogP contribution in [0.25, 0.3) is 0 Å². The van der Waals surface area contributed by atoms with Crippen molar-refractivity contribution in [3.05, 3.63) is 0 Å². The average Bonchev–Trinajstić information content (AvgIpc) is 2.96. The minimum absolute atomic E-state index is 0.0202. The van der Waals surface area contributed by atoms with E-state index in [4.69, 9.17) is 9.47 Å². The molecule has 2 unspecified atom stereocenters. The number of unbranched alkanes of at least 4 members (excludes halogenated alkanes) is 1. The van der Waals surface area contributed by atoms with Gasteiger partial charge in [-0.2, -0.15) is 0 Å². The van der Waals surface area contributed by atoms with E-state index in [-0.39, 0.29) is 25.7 Å². The van der Waals surface area contributed by atoms with E-state index in [9.17, 15) is 28.8 Å². The van der Waals surface area contributed by atoms with Crippen LogP contribution in [0.5, 0.6) is 0 Å². The molecule has 0 aliphatic carbocycles. The topological polar surface area (TPSA) is 145 Å². The van der Waals surface area contributed by atoms with Crippen molar-refractivity contribution in [1.82, 2.24) is 10.6 Å². The van der Waals surface area contributed by atoms with Crippen molar-refractivity contribution in [2.24, 2.45) is 0 Å². The van der Waals surface area contributed by atoms with E-state index in [1.54, 1.807) is 0 Å². The van der Waals surface area contributed by atoms with Crippen LogP contribution < -0.4 is 10.6 Å². The normalized spacial score (nSPS) is 23.0. The molecule has 2 fully saturated rings. The van der Waals surface area contributed by atoms with Crippen molar-refractivity contribution >= 4 is 35.6 Å². The first-order valence-corrected chi connectivity index (χ1v) is 7.41. The minimum Gasteiger partial charge on any atom is -0.452 e. The van der Waals surface area contributed by atoms with Gasteiger partial charge in [-0.1, -0.05) is 0 Å². The molecule has 130 valence electrons. The molecule has 10 heteroatoms. The van der Waals surface area contributed by atoms with Gasteiger partial charge in [0.15, 0.2) is 12.2 Å². The van der Waals surface area contributed by atoms with Gasteiger partial charge < -0.3 is 9.47 Å². The fraction of sp³-hybridized carbons (Fsp3) is 0.571. The molecule has 2 atom stereocenters. The van der Waals surface area contributed by atoms with Crippen LogP contribution in [-0.4, -0.2) is 47.8 Å². The Bertz CT molecular complexity index is 548. The van der Waals surface area contributed by atoms with Crippen molar-refractivity contribution in [3.8, 4) is 0 Å². The largest absolute Gasteiger partial charge is 0.452 e. The van der Waals surface area contributed by atoms with Crippen LogP contribution in [0.15, 0.2) is 0 Å². The molecule has 2 aliphatic heterocycles. The smallest absolute Gasteiger partial charge is 0.306 e. The Balaban J connectivity index is 1.59. The lowest BCUT2D eigenvalue weighted by Gasteiger charge is -2.09. The Morgan fingerprint density at radius 1 is 0.792 bits per heavy atom. The number of hydrogen-bond acceptors (Lipinski definition) is 8. The van der Waals surface area contributed by atoms with Gasteiger partial charge in [-0.05, 0) is 12.8 Å². The molecule has 0 bridgehead atoms. The Morgan fingerprint density at radius 3 is 1.46 bits per heavy atom. The lowest BCUT2D eigenvalue weighted by molar-refractivity contribution is -0.155. The van der Waals surface area contributed by atoms with E-state index < -0.39 is 47.8 Å². The van der Waals surface area contributed by atoms with E-state index in [0.717, 1.165) is 0 Å². The summed E-state index contributed by atoms with van der Waals surface area (Å²) in [5.41, 5.74) is 0. The number of amides is 4. The summed E-state index contributed by atoms with van der Waals surface area (Å²) < 4.78 is 9.71. The molecule has 0 radical (unpaired) electrons. The van der Waals surface area contributed by atoms with Gasteiger partial charge in [0, 0.05) is 12.8 Å². The highest BCUT2D eigenvalue weighted by atomic mass is 16.6. The van der Waals surface area contributed by atoms with Crippen molar-refractivity contribution in [1.29, 1.82) is 0 Å². The first kappa shape index (κ1) is 17.6. The van der Waals surface area contributed by atoms with Crippen molar-refractivity contribution in [3.63, 3.8) is 0 Å². The molecule has 0 spiro atoms. The van der Waals surface area contributed by atoms with Gasteiger partial charge in [0.1, 0.15) is 0 Å². The Hall–Kier alpha value is -2.78. The predicted octanol–water partition coefficient (Wildman–Crippen LogP) is -1.54. The van der Waals surface area contributed by atoms with Crippen LogP contribution in [0, 0.1) is 0 Å². The second kappa shape index (κ2) is 7.66. The van der Waals surface area contributed by atoms with Crippen LogP contribution in [0.4, 0.5) is 0 Å². The summed E-state index contributed by atoms with van der Waals surface area (Å²) in [4.78, 5) is 67.4. The van der Waals surface area contributed by atoms with Gasteiger partial charge in [-0.25, -0.2) is 0 Å². The maximum atomic E-state index is 11.5. The average molecular weight is 340 g/mol. The molecular formula is C14H16N2O8. The summed E-state index contributed by atoms with van der Waals surface area (Å²) in [6.07, 6.45) is -1.96. The van der Waals surface area contributed by atoms with E-state index in [2.05, 4.69) is 0 Å². The summed E-state index contributed by atoms with van der Waals surface area (Å²) >= 11 is 0. The number of carbonyl (C=O) groups is 6. The van der Waals surface area contributed by atoms with Crippen LogP contribution >= 0.6 is 0 Å². The molecule has 0 aromatic rings. The van der Waals surface area contributed by atoms with E-state index in [0.29, 0.717) is 12.8 Å². The van der Waals surface area contributed by atoms with Crippen molar-refractivity contribution in [2.45, 2.75) is 50.7 Å². The summed E-state index contributed by atoms with van der Waals surface area (Å²) in [5, 5.41) is 4.05. The molecular weight excluding hydrogens is 324 g/mol. The van der Waals surface area contributed by atoms with Gasteiger partial charge >= 0.3 is 11.9 Å². The highest BCUT2D eigenvalue weighted by Gasteiger charge is 2.34. The van der Waals surface area contributed by atoms with Gasteiger partial charge in [0.25, 0.3) is 11.8 Å². The second-order valence-corrected chi connectivity index (χ2v) is 5.40. The third-order valence-electron chi connectivity index (χ3n) is 3.41. The molecule has 2 rings (SSSR count). The van der Waals surface area contributed by atoms with E-state index in [1.807, 2.05) is 10.6 Å². The summed E-state index contributed by atoms with van der Waals surface area (Å²) in [5.74, 6) is -3.54. The second-order valence-electron chi connectivity index (χ2n) is 5.40. The van der Waals surface area contributed by atoms with E-state index in [1.165, 1.54) is 0 Å². The molecule has 4 amide bonds. The first-order valence-electron chi connectivity index (χ1n) is 7.41. The third-order valence-corrected chi connectivity index (χ3v) is 3.41. The molecule has 0 aromatic heterocycles. The fourth-order valence-corrected chi connectivity index (χ4v) is 2.22. The van der Waals surface area contributed by atoms with Crippen LogP contribution in [0.1, 0.15) is 38.5 Å². The maximum absolute atomic E-state index is 11.5. The van der Waals surface area contributed by atoms with Crippen LogP contribution in [0.3, 0.4) is 0 Å². The zero-order valence-electron chi connectivity index (χ0n) is 12.7. The number of hydrogen-bond donors (Lipinski definition) is 2. The predicted molar refractivity (Wildman–Crippen MR) is 73.8 cm³/mol. The molecule has 2 N–H and O–H groups in total. The van der Waals surface area contributed by atoms with Crippen molar-refractivity contribution < 1.29 is 38.2 Å². The summed E-state index contributed by atoms with van der Waals surface area (Å²) in [7, 11) is 0. The highest BCUT2D eigenvalue weighted by Crippen LogP contribution is 2.12. The Kier molecular flexibility index (Phi) is 5.61. The summed E-state index contributed by atoms with van der Waals surface area (Å²) in [6.45, 7) is 0. The number of nitrogens with one attached hydrogen (secondary N) is 2. The quantitative estimate of drug-likeness (QED) is 0.322. The number of ether oxygens (including phenoxy) is 2. The third kappa shape index (κ3) is 4.86. The van der Waals surface area contributed by atoms with Crippen molar-refractivity contribution in [2.75, 3.05) is 0 Å². The molecule has 0 saturated carbocycles. The lowest BCUT2D eigenvalue weighted by Crippen LogP contribution is -2.28. The highest BCUT2D eigenvalue weighted by molar-refractivity contribution is 6.06. The Labute approximate surface area is 136 Å². The number of esters is 2. The number of carbonyl (C=O) groups excluding carboxylic acids is 6. The fourth-order valence-electron chi connectivity index (χ4n) is 2.22. The standard InChI is InChI=1S/C14H16N2O8/c17-9-5-7(13(21)15-9)23-11(19)3-1-2-4-12(20)24-8-6-10(18)16-14(8)22/h7-8H,1-6H2,(H,15,17,21)(H,16,18,22). The lowest BCUT2D eigenvalue weighted by atomic mass is 10.2. The van der Waals surface area contributed by atoms with Gasteiger partial charge in [0.2, 0.25) is 11.8 Å². The molecule has 0 aromatic carbocycles.